The summed E-state index contributed by atoms with van der Waals surface area (Å²) in [6.45, 7) is 4.13. The molecule has 226 valence electrons. The van der Waals surface area contributed by atoms with Gasteiger partial charge in [0.05, 0.1) is 0 Å². The van der Waals surface area contributed by atoms with Crippen molar-refractivity contribution in [3.05, 3.63) is 76.4 Å². The Morgan fingerprint density at radius 2 is 1.77 bits per heavy atom. The van der Waals surface area contributed by atoms with Crippen molar-refractivity contribution < 1.29 is 24.2 Å². The zero-order valence-corrected chi connectivity index (χ0v) is 25.4. The van der Waals surface area contributed by atoms with Crippen molar-refractivity contribution >= 4 is 17.4 Å². The lowest BCUT2D eigenvalue weighted by Gasteiger charge is -2.53. The van der Waals surface area contributed by atoms with E-state index in [1.165, 1.54) is 22.3 Å². The standard InChI is InChI=1S/C38H39NO5/c1-37-23-31(26-7-13-33-34(22-26)44-20-19-43-33)36-29-12-10-28(40)21-25(29)6-11-30(36)32(37)15-17-38(37,42)16-14-24-4-8-27(9-5-24)39-18-2-3-35(39)41/h4-5,7-9,13,21-22,30-32,42H,2-3,6,10-12,15,17-20,23H2,1H3/t30-,31+,32-,37-,38-/m0/s1. The van der Waals surface area contributed by atoms with Gasteiger partial charge in [-0.05, 0) is 116 Å². The molecule has 0 bridgehead atoms. The van der Waals surface area contributed by atoms with Gasteiger partial charge in [-0.3, -0.25) is 9.59 Å². The Morgan fingerprint density at radius 1 is 0.955 bits per heavy atom. The average Bonchev–Trinajstić information content (AvgIpc) is 3.59. The number of allylic oxidation sites excluding steroid dienone is 4. The molecule has 1 saturated heterocycles. The summed E-state index contributed by atoms with van der Waals surface area (Å²) in [4.78, 5) is 26.4. The fourth-order valence-electron chi connectivity index (χ4n) is 9.27. The monoisotopic (exact) mass is 589 g/mol. The molecule has 8 rings (SSSR count). The number of ketones is 1. The summed E-state index contributed by atoms with van der Waals surface area (Å²) in [6.07, 6.45) is 9.08. The van der Waals surface area contributed by atoms with Gasteiger partial charge in [0.15, 0.2) is 17.3 Å². The van der Waals surface area contributed by atoms with Gasteiger partial charge < -0.3 is 19.5 Å². The van der Waals surface area contributed by atoms with Crippen LogP contribution in [0.4, 0.5) is 5.69 Å². The van der Waals surface area contributed by atoms with Gasteiger partial charge >= 0.3 is 0 Å². The SMILES string of the molecule is C[C@]12C[C@H](c3ccc4c(c3)OCCO4)C3=C4CCC(=O)C=C4CC[C@H]3[C@@H]1CC[C@@]2(O)C#Cc1ccc(N2CCCC2=O)cc1. The van der Waals surface area contributed by atoms with Gasteiger partial charge in [-0.15, -0.1) is 0 Å². The molecule has 6 nitrogen and oxygen atoms in total. The van der Waals surface area contributed by atoms with Gasteiger partial charge in [-0.2, -0.15) is 0 Å². The van der Waals surface area contributed by atoms with Crippen molar-refractivity contribution in [3.63, 3.8) is 0 Å². The summed E-state index contributed by atoms with van der Waals surface area (Å²) >= 11 is 0. The molecule has 0 aromatic heterocycles. The van der Waals surface area contributed by atoms with Crippen LogP contribution in [0, 0.1) is 29.1 Å². The maximum atomic E-state index is 12.4. The zero-order chi connectivity index (χ0) is 30.1. The molecule has 1 amide bonds. The molecule has 6 aliphatic rings. The van der Waals surface area contributed by atoms with Gasteiger partial charge in [0.1, 0.15) is 18.8 Å². The van der Waals surface area contributed by atoms with E-state index >= 15 is 0 Å². The Labute approximate surface area is 259 Å². The van der Waals surface area contributed by atoms with Gasteiger partial charge in [0, 0.05) is 42.0 Å². The third-order valence-corrected chi connectivity index (χ3v) is 11.5. The number of carbonyl (C=O) groups excluding carboxylic acids is 2. The number of carbonyl (C=O) groups is 2. The van der Waals surface area contributed by atoms with Crippen LogP contribution >= 0.6 is 0 Å². The maximum absolute atomic E-state index is 12.4. The topological polar surface area (TPSA) is 76.1 Å². The first-order valence-electron chi connectivity index (χ1n) is 16.4. The highest BCUT2D eigenvalue weighted by Crippen LogP contribution is 2.66. The quantitative estimate of drug-likeness (QED) is 0.418. The fourth-order valence-corrected chi connectivity index (χ4v) is 9.27. The lowest BCUT2D eigenvalue weighted by molar-refractivity contribution is -0.117. The van der Waals surface area contributed by atoms with Gasteiger partial charge in [-0.25, -0.2) is 0 Å². The molecule has 3 fully saturated rings. The van der Waals surface area contributed by atoms with Crippen molar-refractivity contribution in [2.45, 2.75) is 76.2 Å². The van der Waals surface area contributed by atoms with Crippen LogP contribution in [-0.2, 0) is 9.59 Å². The number of aliphatic hydroxyl groups is 1. The molecular weight excluding hydrogens is 550 g/mol. The molecule has 2 saturated carbocycles. The van der Waals surface area contributed by atoms with E-state index in [2.05, 4.69) is 30.9 Å². The van der Waals surface area contributed by atoms with Gasteiger partial charge in [-0.1, -0.05) is 30.4 Å². The normalized spacial score (nSPS) is 32.4. The number of anilines is 1. The highest BCUT2D eigenvalue weighted by Gasteiger charge is 2.62. The van der Waals surface area contributed by atoms with Crippen LogP contribution in [0.1, 0.15) is 81.8 Å². The number of ether oxygens (including phenoxy) is 2. The second kappa shape index (κ2) is 10.4. The summed E-state index contributed by atoms with van der Waals surface area (Å²) in [5, 5.41) is 12.4. The molecule has 5 atom stereocenters. The van der Waals surface area contributed by atoms with Crippen LogP contribution in [-0.4, -0.2) is 42.2 Å². The predicted octanol–water partition coefficient (Wildman–Crippen LogP) is 6.27. The molecule has 2 aromatic rings. The van der Waals surface area contributed by atoms with Crippen LogP contribution < -0.4 is 14.4 Å². The summed E-state index contributed by atoms with van der Waals surface area (Å²) in [5.41, 5.74) is 5.53. The maximum Gasteiger partial charge on any atom is 0.227 e. The number of rotatable bonds is 2. The third-order valence-electron chi connectivity index (χ3n) is 11.5. The Morgan fingerprint density at radius 3 is 2.57 bits per heavy atom. The third kappa shape index (κ3) is 4.35. The largest absolute Gasteiger partial charge is 0.486 e. The number of hydrogen-bond donors (Lipinski definition) is 1. The van der Waals surface area contributed by atoms with Crippen molar-refractivity contribution in [2.24, 2.45) is 17.3 Å². The zero-order valence-electron chi connectivity index (χ0n) is 25.4. The Balaban J connectivity index is 1.17. The summed E-state index contributed by atoms with van der Waals surface area (Å²) in [6, 6.07) is 14.2. The van der Waals surface area contributed by atoms with Crippen molar-refractivity contribution in [1.29, 1.82) is 0 Å². The first kappa shape index (κ1) is 27.7. The number of hydrogen-bond acceptors (Lipinski definition) is 5. The highest BCUT2D eigenvalue weighted by molar-refractivity contribution is 5.95. The molecule has 2 aromatic carbocycles. The molecule has 2 heterocycles. The second-order valence-corrected chi connectivity index (χ2v) is 13.7. The first-order chi connectivity index (χ1) is 21.3. The molecule has 6 heteroatoms. The van der Waals surface area contributed by atoms with E-state index in [1.54, 1.807) is 0 Å². The summed E-state index contributed by atoms with van der Waals surface area (Å²) < 4.78 is 11.9. The molecule has 4 aliphatic carbocycles. The van der Waals surface area contributed by atoms with Gasteiger partial charge in [0.25, 0.3) is 0 Å². The summed E-state index contributed by atoms with van der Waals surface area (Å²) in [5.74, 6) is 9.49. The van der Waals surface area contributed by atoms with E-state index in [4.69, 9.17) is 9.47 Å². The molecule has 44 heavy (non-hydrogen) atoms. The van der Waals surface area contributed by atoms with E-state index in [9.17, 15) is 14.7 Å². The number of amides is 1. The van der Waals surface area contributed by atoms with Crippen LogP contribution in [0.5, 0.6) is 11.5 Å². The molecule has 0 unspecified atom stereocenters. The molecule has 1 N–H and O–H groups in total. The lowest BCUT2D eigenvalue weighted by Crippen LogP contribution is -2.51. The number of benzene rings is 2. The van der Waals surface area contributed by atoms with E-state index in [0.717, 1.165) is 67.8 Å². The van der Waals surface area contributed by atoms with Crippen LogP contribution in [0.3, 0.4) is 0 Å². The van der Waals surface area contributed by atoms with Crippen LogP contribution in [0.25, 0.3) is 0 Å². The Kier molecular flexibility index (Phi) is 6.54. The molecule has 0 radical (unpaired) electrons. The minimum atomic E-state index is -1.12. The summed E-state index contributed by atoms with van der Waals surface area (Å²) in [7, 11) is 0. The first-order valence-corrected chi connectivity index (χ1v) is 16.4. The number of nitrogens with zero attached hydrogens (tertiary/aromatic N) is 1. The van der Waals surface area contributed by atoms with E-state index in [-0.39, 0.29) is 17.6 Å². The minimum Gasteiger partial charge on any atom is -0.486 e. The molecular formula is C38H39NO5. The predicted molar refractivity (Wildman–Crippen MR) is 168 cm³/mol. The van der Waals surface area contributed by atoms with Gasteiger partial charge in [0.2, 0.25) is 5.91 Å². The van der Waals surface area contributed by atoms with Crippen molar-refractivity contribution in [1.82, 2.24) is 0 Å². The van der Waals surface area contributed by atoms with Crippen LogP contribution in [0.2, 0.25) is 0 Å². The molecule has 0 spiro atoms. The fraction of sp³-hybridized carbons (Fsp3) is 0.474. The average molecular weight is 590 g/mol. The minimum absolute atomic E-state index is 0.104. The van der Waals surface area contributed by atoms with E-state index in [1.807, 2.05) is 41.3 Å². The highest BCUT2D eigenvalue weighted by atomic mass is 16.6. The van der Waals surface area contributed by atoms with Crippen molar-refractivity contribution in [2.75, 3.05) is 24.7 Å². The van der Waals surface area contributed by atoms with E-state index < -0.39 is 11.0 Å². The second-order valence-electron chi connectivity index (χ2n) is 13.7. The van der Waals surface area contributed by atoms with Crippen molar-refractivity contribution in [3.8, 4) is 23.3 Å². The smallest absolute Gasteiger partial charge is 0.227 e. The number of fused-ring (bicyclic) bond motifs is 5. The Hall–Kier alpha value is -3.82. The molecule has 2 aliphatic heterocycles. The lowest BCUT2D eigenvalue weighted by atomic mass is 9.51. The Bertz CT molecular complexity index is 1670. The van der Waals surface area contributed by atoms with E-state index in [0.29, 0.717) is 44.3 Å². The van der Waals surface area contributed by atoms with Crippen LogP contribution in [0.15, 0.2) is 65.3 Å².